The number of piperidine rings is 1. The molecular formula is C24H31F3N2O. The van der Waals surface area contributed by atoms with Crippen molar-refractivity contribution in [1.82, 2.24) is 4.90 Å². The van der Waals surface area contributed by atoms with Crippen LogP contribution in [0.2, 0.25) is 0 Å². The molecule has 6 heteroatoms. The minimum absolute atomic E-state index is 0.290. The zero-order valence-electron chi connectivity index (χ0n) is 17.7. The molecule has 1 saturated heterocycles. The van der Waals surface area contributed by atoms with Crippen molar-refractivity contribution in [2.45, 2.75) is 38.3 Å². The molecule has 1 N–H and O–H groups in total. The Balaban J connectivity index is 1.69. The van der Waals surface area contributed by atoms with Crippen LogP contribution in [0.5, 0.6) is 5.75 Å². The maximum absolute atomic E-state index is 12.8. The maximum atomic E-state index is 12.8. The molecule has 1 aliphatic heterocycles. The van der Waals surface area contributed by atoms with Crippen LogP contribution in [0.4, 0.5) is 18.9 Å². The number of nitrogens with zero attached hydrogens (tertiary/aromatic N) is 1. The van der Waals surface area contributed by atoms with Crippen molar-refractivity contribution in [2.75, 3.05) is 38.6 Å². The smallest absolute Gasteiger partial charge is 0.416 e. The van der Waals surface area contributed by atoms with E-state index in [1.165, 1.54) is 24.1 Å². The zero-order valence-corrected chi connectivity index (χ0v) is 17.7. The lowest BCUT2D eigenvalue weighted by atomic mass is 9.80. The average molecular weight is 421 g/mol. The predicted octanol–water partition coefficient (Wildman–Crippen LogP) is 6.03. The fourth-order valence-electron chi connectivity index (χ4n) is 4.14. The highest BCUT2D eigenvalue weighted by Gasteiger charge is 2.32. The van der Waals surface area contributed by atoms with Crippen molar-refractivity contribution < 1.29 is 17.9 Å². The molecule has 0 aliphatic carbocycles. The van der Waals surface area contributed by atoms with Crippen molar-refractivity contribution >= 4 is 5.69 Å². The lowest BCUT2D eigenvalue weighted by Gasteiger charge is -2.39. The lowest BCUT2D eigenvalue weighted by Crippen LogP contribution is -2.42. The molecule has 0 amide bonds. The van der Waals surface area contributed by atoms with Crippen molar-refractivity contribution in [1.29, 1.82) is 0 Å². The largest absolute Gasteiger partial charge is 0.493 e. The summed E-state index contributed by atoms with van der Waals surface area (Å²) in [4.78, 5) is 2.49. The van der Waals surface area contributed by atoms with Gasteiger partial charge in [0.15, 0.2) is 0 Å². The van der Waals surface area contributed by atoms with Gasteiger partial charge in [0.2, 0.25) is 0 Å². The summed E-state index contributed by atoms with van der Waals surface area (Å²) >= 11 is 0. The standard InChI is InChI=1S/C24H31F3N2O/c1-3-4-14-29-15-13-23(18-5-9-21(28-2)10-6-18)19(16-29)17-30-22-11-7-20(8-12-22)24(25,26)27/h5-12,19,23,28H,3-4,13-17H2,1-2H3/t19-,23-/m1/s1. The number of unbranched alkanes of at least 4 members (excludes halogenated alkanes) is 1. The van der Waals surface area contributed by atoms with Gasteiger partial charge in [-0.05, 0) is 73.8 Å². The van der Waals surface area contributed by atoms with E-state index < -0.39 is 11.7 Å². The van der Waals surface area contributed by atoms with Gasteiger partial charge in [-0.1, -0.05) is 25.5 Å². The summed E-state index contributed by atoms with van der Waals surface area (Å²) in [5.41, 5.74) is 1.72. The van der Waals surface area contributed by atoms with Gasteiger partial charge < -0.3 is 15.0 Å². The Bertz CT molecular complexity index is 775. The average Bonchev–Trinajstić information content (AvgIpc) is 2.76. The molecule has 3 rings (SSSR count). The van der Waals surface area contributed by atoms with E-state index >= 15 is 0 Å². The maximum Gasteiger partial charge on any atom is 0.416 e. The van der Waals surface area contributed by atoms with Gasteiger partial charge in [0.05, 0.1) is 12.2 Å². The summed E-state index contributed by atoms with van der Waals surface area (Å²) in [6.07, 6.45) is -0.928. The number of hydrogen-bond acceptors (Lipinski definition) is 3. The summed E-state index contributed by atoms with van der Waals surface area (Å²) < 4.78 is 44.3. The van der Waals surface area contributed by atoms with Crippen LogP contribution in [-0.2, 0) is 6.18 Å². The second-order valence-corrected chi connectivity index (χ2v) is 8.01. The highest BCUT2D eigenvalue weighted by molar-refractivity contribution is 5.44. The van der Waals surface area contributed by atoms with Gasteiger partial charge in [-0.25, -0.2) is 0 Å². The number of hydrogen-bond donors (Lipinski definition) is 1. The van der Waals surface area contributed by atoms with Gasteiger partial charge in [0, 0.05) is 25.2 Å². The molecular weight excluding hydrogens is 389 g/mol. The first-order chi connectivity index (χ1) is 14.4. The van der Waals surface area contributed by atoms with E-state index in [-0.39, 0.29) is 0 Å². The third-order valence-electron chi connectivity index (χ3n) is 5.92. The number of ether oxygens (including phenoxy) is 1. The van der Waals surface area contributed by atoms with E-state index in [4.69, 9.17) is 4.74 Å². The van der Waals surface area contributed by atoms with E-state index in [0.29, 0.717) is 24.2 Å². The first-order valence-corrected chi connectivity index (χ1v) is 10.7. The van der Waals surface area contributed by atoms with E-state index in [1.807, 2.05) is 7.05 Å². The van der Waals surface area contributed by atoms with Gasteiger partial charge in [-0.2, -0.15) is 13.2 Å². The predicted molar refractivity (Wildman–Crippen MR) is 115 cm³/mol. The minimum Gasteiger partial charge on any atom is -0.493 e. The van der Waals surface area contributed by atoms with Crippen molar-refractivity contribution in [3.05, 3.63) is 59.7 Å². The number of halogens is 3. The summed E-state index contributed by atoms with van der Waals surface area (Å²) in [6.45, 7) is 5.78. The van der Waals surface area contributed by atoms with Crippen LogP contribution in [0.1, 0.15) is 43.2 Å². The fraction of sp³-hybridized carbons (Fsp3) is 0.500. The van der Waals surface area contributed by atoms with E-state index in [1.54, 1.807) is 0 Å². The second-order valence-electron chi connectivity index (χ2n) is 8.01. The fourth-order valence-corrected chi connectivity index (χ4v) is 4.14. The van der Waals surface area contributed by atoms with E-state index in [0.717, 1.165) is 50.3 Å². The molecule has 2 atom stereocenters. The SMILES string of the molecule is CCCCN1CC[C@H](c2ccc(NC)cc2)[C@@H](COc2ccc(C(F)(F)F)cc2)C1. The molecule has 1 heterocycles. The van der Waals surface area contributed by atoms with Gasteiger partial charge in [-0.15, -0.1) is 0 Å². The van der Waals surface area contributed by atoms with Crippen LogP contribution in [0, 0.1) is 5.92 Å². The topological polar surface area (TPSA) is 24.5 Å². The van der Waals surface area contributed by atoms with Crippen LogP contribution >= 0.6 is 0 Å². The Hall–Kier alpha value is -2.21. The monoisotopic (exact) mass is 420 g/mol. The molecule has 2 aromatic carbocycles. The van der Waals surface area contributed by atoms with Crippen molar-refractivity contribution in [3.63, 3.8) is 0 Å². The van der Waals surface area contributed by atoms with Gasteiger partial charge in [-0.3, -0.25) is 0 Å². The van der Waals surface area contributed by atoms with Gasteiger partial charge in [0.25, 0.3) is 0 Å². The van der Waals surface area contributed by atoms with Gasteiger partial charge in [0.1, 0.15) is 5.75 Å². The molecule has 3 nitrogen and oxygen atoms in total. The highest BCUT2D eigenvalue weighted by atomic mass is 19.4. The van der Waals surface area contributed by atoms with Crippen LogP contribution in [0.25, 0.3) is 0 Å². The molecule has 164 valence electrons. The molecule has 0 bridgehead atoms. The van der Waals surface area contributed by atoms with E-state index in [2.05, 4.69) is 41.4 Å². The molecule has 0 spiro atoms. The van der Waals surface area contributed by atoms with Crippen LogP contribution in [0.15, 0.2) is 48.5 Å². The molecule has 0 radical (unpaired) electrons. The number of alkyl halides is 3. The van der Waals surface area contributed by atoms with Crippen LogP contribution < -0.4 is 10.1 Å². The summed E-state index contributed by atoms with van der Waals surface area (Å²) in [6, 6.07) is 13.5. The first kappa shape index (κ1) is 22.5. The number of benzene rings is 2. The third kappa shape index (κ3) is 5.91. The molecule has 1 fully saturated rings. The van der Waals surface area contributed by atoms with Crippen molar-refractivity contribution in [2.24, 2.45) is 5.92 Å². The number of rotatable bonds is 8. The van der Waals surface area contributed by atoms with Crippen LogP contribution in [0.3, 0.4) is 0 Å². The third-order valence-corrected chi connectivity index (χ3v) is 5.92. The Morgan fingerprint density at radius 2 is 1.77 bits per heavy atom. The molecule has 2 aromatic rings. The highest BCUT2D eigenvalue weighted by Crippen LogP contribution is 2.35. The minimum atomic E-state index is -4.33. The molecule has 0 unspecified atom stereocenters. The molecule has 1 aliphatic rings. The Kier molecular flexibility index (Phi) is 7.64. The molecule has 0 saturated carbocycles. The Labute approximate surface area is 177 Å². The number of likely N-dealkylation sites (tertiary alicyclic amines) is 1. The Morgan fingerprint density at radius 1 is 1.07 bits per heavy atom. The van der Waals surface area contributed by atoms with Crippen molar-refractivity contribution in [3.8, 4) is 5.75 Å². The Morgan fingerprint density at radius 3 is 2.37 bits per heavy atom. The van der Waals surface area contributed by atoms with Gasteiger partial charge >= 0.3 is 6.18 Å². The second kappa shape index (κ2) is 10.2. The lowest BCUT2D eigenvalue weighted by molar-refractivity contribution is -0.137. The summed E-state index contributed by atoms with van der Waals surface area (Å²) in [5, 5.41) is 3.15. The van der Waals surface area contributed by atoms with E-state index in [9.17, 15) is 13.2 Å². The first-order valence-electron chi connectivity index (χ1n) is 10.7. The van der Waals surface area contributed by atoms with Crippen LogP contribution in [-0.4, -0.2) is 38.2 Å². The quantitative estimate of drug-likeness (QED) is 0.564. The zero-order chi connectivity index (χ0) is 21.6. The molecule has 30 heavy (non-hydrogen) atoms. The number of nitrogens with one attached hydrogen (secondary N) is 1. The summed E-state index contributed by atoms with van der Waals surface area (Å²) in [5.74, 6) is 1.15. The molecule has 0 aromatic heterocycles. The number of anilines is 1. The normalized spacial score (nSPS) is 20.2. The summed E-state index contributed by atoms with van der Waals surface area (Å²) in [7, 11) is 1.90.